The van der Waals surface area contributed by atoms with Crippen molar-refractivity contribution in [3.8, 4) is 0 Å². The number of sulfone groups is 1. The molecule has 0 radical (unpaired) electrons. The zero-order chi connectivity index (χ0) is 12.3. The Labute approximate surface area is 97.0 Å². The van der Waals surface area contributed by atoms with Crippen molar-refractivity contribution in [1.82, 2.24) is 0 Å². The highest BCUT2D eigenvalue weighted by Gasteiger charge is 2.08. The Morgan fingerprint density at radius 2 is 2.00 bits per heavy atom. The highest BCUT2D eigenvalue weighted by Crippen LogP contribution is 2.21. The summed E-state index contributed by atoms with van der Waals surface area (Å²) in [7, 11) is -1.06. The van der Waals surface area contributed by atoms with Crippen LogP contribution in [0.1, 0.15) is 5.56 Å². The Morgan fingerprint density at radius 3 is 2.56 bits per heavy atom. The molecule has 0 saturated carbocycles. The molecule has 0 aliphatic heterocycles. The van der Waals surface area contributed by atoms with E-state index in [9.17, 15) is 8.42 Å². The predicted molar refractivity (Wildman–Crippen MR) is 68.6 cm³/mol. The smallest absolute Gasteiger partial charge is 0.149 e. The highest BCUT2D eigenvalue weighted by molar-refractivity contribution is 7.90. The largest absolute Gasteiger partial charge is 0.399 e. The van der Waals surface area contributed by atoms with Crippen LogP contribution in [0.5, 0.6) is 0 Å². The van der Waals surface area contributed by atoms with Crippen LogP contribution in [0.25, 0.3) is 0 Å². The van der Waals surface area contributed by atoms with Gasteiger partial charge in [0, 0.05) is 31.2 Å². The van der Waals surface area contributed by atoms with E-state index >= 15 is 0 Å². The second kappa shape index (κ2) is 4.74. The molecule has 4 nitrogen and oxygen atoms in total. The van der Waals surface area contributed by atoms with Crippen molar-refractivity contribution in [2.75, 3.05) is 36.2 Å². The molecule has 0 atom stereocenters. The van der Waals surface area contributed by atoms with Crippen molar-refractivity contribution in [2.45, 2.75) is 6.92 Å². The summed E-state index contributed by atoms with van der Waals surface area (Å²) in [4.78, 5) is 1.91. The number of nitrogens with two attached hydrogens (primary N) is 1. The highest BCUT2D eigenvalue weighted by atomic mass is 32.2. The maximum atomic E-state index is 11.1. The number of nitrogens with zero attached hydrogens (tertiary/aromatic N) is 1. The molecular weight excluding hydrogens is 224 g/mol. The fourth-order valence-electron chi connectivity index (χ4n) is 1.46. The lowest BCUT2D eigenvalue weighted by Crippen LogP contribution is -2.25. The Bertz CT molecular complexity index is 469. The quantitative estimate of drug-likeness (QED) is 0.802. The summed E-state index contributed by atoms with van der Waals surface area (Å²) in [6.07, 6.45) is 1.24. The van der Waals surface area contributed by atoms with E-state index in [-0.39, 0.29) is 5.75 Å². The molecule has 1 rings (SSSR count). The van der Waals surface area contributed by atoms with Gasteiger partial charge in [-0.2, -0.15) is 0 Å². The average molecular weight is 242 g/mol. The second-order valence-corrected chi connectivity index (χ2v) is 6.36. The number of hydrogen-bond acceptors (Lipinski definition) is 4. The Kier molecular flexibility index (Phi) is 3.80. The number of nitrogen functional groups attached to an aromatic ring is 1. The number of rotatable bonds is 4. The van der Waals surface area contributed by atoms with Crippen LogP contribution in [0.15, 0.2) is 18.2 Å². The van der Waals surface area contributed by atoms with E-state index in [0.29, 0.717) is 12.2 Å². The maximum Gasteiger partial charge on any atom is 0.149 e. The number of benzene rings is 1. The first-order valence-electron chi connectivity index (χ1n) is 5.04. The average Bonchev–Trinajstić information content (AvgIpc) is 2.17. The molecular formula is C11H18N2O2S. The van der Waals surface area contributed by atoms with Crippen molar-refractivity contribution >= 4 is 21.2 Å². The minimum Gasteiger partial charge on any atom is -0.399 e. The number of hydrogen-bond donors (Lipinski definition) is 1. The first-order valence-corrected chi connectivity index (χ1v) is 7.10. The van der Waals surface area contributed by atoms with Crippen molar-refractivity contribution in [2.24, 2.45) is 0 Å². The van der Waals surface area contributed by atoms with E-state index in [0.717, 1.165) is 11.3 Å². The van der Waals surface area contributed by atoms with Gasteiger partial charge >= 0.3 is 0 Å². The Hall–Kier alpha value is -1.23. The van der Waals surface area contributed by atoms with Crippen LogP contribution in [0.2, 0.25) is 0 Å². The molecule has 0 aromatic heterocycles. The van der Waals surface area contributed by atoms with Crippen molar-refractivity contribution < 1.29 is 8.42 Å². The van der Waals surface area contributed by atoms with Gasteiger partial charge in [-0.25, -0.2) is 8.42 Å². The van der Waals surface area contributed by atoms with E-state index in [4.69, 9.17) is 5.73 Å². The standard InChI is InChI=1S/C11H18N2O2S/c1-9-4-5-10(12)8-11(9)13(2)6-7-16(3,14)15/h4-5,8H,6-7,12H2,1-3H3. The molecule has 1 aromatic rings. The summed E-state index contributed by atoms with van der Waals surface area (Å²) in [5.74, 6) is 0.151. The van der Waals surface area contributed by atoms with Crippen LogP contribution in [0, 0.1) is 6.92 Å². The first-order chi connectivity index (χ1) is 7.29. The number of aryl methyl sites for hydroxylation is 1. The SMILES string of the molecule is Cc1ccc(N)cc1N(C)CCS(C)(=O)=O. The Balaban J connectivity index is 2.80. The minimum atomic E-state index is -2.92. The van der Waals surface area contributed by atoms with Gasteiger partial charge in [-0.1, -0.05) is 6.07 Å². The molecule has 0 fully saturated rings. The first kappa shape index (κ1) is 12.8. The molecule has 0 amide bonds. The van der Waals surface area contributed by atoms with E-state index in [1.165, 1.54) is 6.26 Å². The van der Waals surface area contributed by atoms with Crippen LogP contribution in [-0.4, -0.2) is 34.0 Å². The molecule has 0 unspecified atom stereocenters. The maximum absolute atomic E-state index is 11.1. The predicted octanol–water partition coefficient (Wildman–Crippen LogP) is 1.06. The normalized spacial score (nSPS) is 11.4. The Morgan fingerprint density at radius 1 is 1.38 bits per heavy atom. The zero-order valence-corrected chi connectivity index (χ0v) is 10.7. The molecule has 16 heavy (non-hydrogen) atoms. The zero-order valence-electron chi connectivity index (χ0n) is 9.90. The molecule has 0 bridgehead atoms. The summed E-state index contributed by atoms with van der Waals surface area (Å²) in [5, 5.41) is 0. The van der Waals surface area contributed by atoms with E-state index in [1.807, 2.05) is 37.1 Å². The topological polar surface area (TPSA) is 63.4 Å². The lowest BCUT2D eigenvalue weighted by molar-refractivity contribution is 0.601. The molecule has 0 aliphatic carbocycles. The van der Waals surface area contributed by atoms with E-state index in [2.05, 4.69) is 0 Å². The van der Waals surface area contributed by atoms with Gasteiger partial charge in [0.15, 0.2) is 0 Å². The van der Waals surface area contributed by atoms with Gasteiger partial charge in [-0.3, -0.25) is 0 Å². The van der Waals surface area contributed by atoms with Crippen LogP contribution in [-0.2, 0) is 9.84 Å². The fourth-order valence-corrected chi connectivity index (χ4v) is 2.07. The minimum absolute atomic E-state index is 0.151. The van der Waals surface area contributed by atoms with Crippen molar-refractivity contribution in [3.63, 3.8) is 0 Å². The third kappa shape index (κ3) is 3.73. The van der Waals surface area contributed by atoms with Crippen LogP contribution in [0.4, 0.5) is 11.4 Å². The molecule has 0 aliphatic rings. The van der Waals surface area contributed by atoms with Gasteiger partial charge in [-0.05, 0) is 24.6 Å². The van der Waals surface area contributed by atoms with Gasteiger partial charge < -0.3 is 10.6 Å². The summed E-state index contributed by atoms with van der Waals surface area (Å²) >= 11 is 0. The van der Waals surface area contributed by atoms with Crippen molar-refractivity contribution in [1.29, 1.82) is 0 Å². The summed E-state index contributed by atoms with van der Waals surface area (Å²) in [5.41, 5.74) is 8.45. The van der Waals surface area contributed by atoms with Gasteiger partial charge in [-0.15, -0.1) is 0 Å². The van der Waals surface area contributed by atoms with Crippen molar-refractivity contribution in [3.05, 3.63) is 23.8 Å². The molecule has 0 spiro atoms. The van der Waals surface area contributed by atoms with Gasteiger partial charge in [0.2, 0.25) is 0 Å². The van der Waals surface area contributed by atoms with Crippen LogP contribution >= 0.6 is 0 Å². The molecule has 5 heteroatoms. The molecule has 2 N–H and O–H groups in total. The molecule has 0 heterocycles. The van der Waals surface area contributed by atoms with E-state index in [1.54, 1.807) is 0 Å². The van der Waals surface area contributed by atoms with Crippen LogP contribution < -0.4 is 10.6 Å². The van der Waals surface area contributed by atoms with Gasteiger partial charge in [0.1, 0.15) is 9.84 Å². The number of anilines is 2. The van der Waals surface area contributed by atoms with Gasteiger partial charge in [0.05, 0.1) is 5.75 Å². The third-order valence-corrected chi connectivity index (χ3v) is 3.37. The third-order valence-electron chi connectivity index (χ3n) is 2.44. The summed E-state index contributed by atoms with van der Waals surface area (Å²) in [6.45, 7) is 2.45. The monoisotopic (exact) mass is 242 g/mol. The summed E-state index contributed by atoms with van der Waals surface area (Å²) < 4.78 is 22.1. The van der Waals surface area contributed by atoms with Crippen LogP contribution in [0.3, 0.4) is 0 Å². The van der Waals surface area contributed by atoms with Gasteiger partial charge in [0.25, 0.3) is 0 Å². The molecule has 1 aromatic carbocycles. The van der Waals surface area contributed by atoms with E-state index < -0.39 is 9.84 Å². The molecule has 0 saturated heterocycles. The molecule has 90 valence electrons. The summed E-state index contributed by atoms with van der Waals surface area (Å²) in [6, 6.07) is 5.63. The fraction of sp³-hybridized carbons (Fsp3) is 0.455. The lowest BCUT2D eigenvalue weighted by atomic mass is 10.1. The lowest BCUT2D eigenvalue weighted by Gasteiger charge is -2.21. The second-order valence-electron chi connectivity index (χ2n) is 4.10.